The Morgan fingerprint density at radius 2 is 1.50 bits per heavy atom. The van der Waals surface area contributed by atoms with Gasteiger partial charge in [-0.25, -0.2) is 0 Å². The zero-order valence-electron chi connectivity index (χ0n) is 27.2. The standard InChI is InChI=1S/C45H35N3/c1-30-13-11-22-42-44(30)45(2)26-10-9-23-43(45)48(42)41-21-8-5-18-37(41)38-28-32(24-25-33(38)29-46)31-14-12-15-34(27-31)47-39-19-6-3-16-35(39)36-17-4-7-20-40(36)47/h3-11,13,15-28,43H,12,14H2,1-2H3. The summed E-state index contributed by atoms with van der Waals surface area (Å²) in [5, 5.41) is 13.0. The predicted octanol–water partition coefficient (Wildman–Crippen LogP) is 11.3. The maximum atomic E-state index is 10.4. The zero-order valence-corrected chi connectivity index (χ0v) is 27.2. The van der Waals surface area contributed by atoms with Crippen molar-refractivity contribution in [2.24, 2.45) is 0 Å². The number of para-hydroxylation sites is 3. The van der Waals surface area contributed by atoms with E-state index in [0.717, 1.165) is 35.2 Å². The van der Waals surface area contributed by atoms with Crippen molar-refractivity contribution in [2.45, 2.75) is 38.1 Å². The van der Waals surface area contributed by atoms with Crippen molar-refractivity contribution in [1.29, 1.82) is 5.26 Å². The number of hydrogen-bond donors (Lipinski definition) is 0. The summed E-state index contributed by atoms with van der Waals surface area (Å²) < 4.78 is 2.40. The summed E-state index contributed by atoms with van der Waals surface area (Å²) in [7, 11) is 0. The van der Waals surface area contributed by atoms with Crippen LogP contribution in [0.1, 0.15) is 42.0 Å². The van der Waals surface area contributed by atoms with Gasteiger partial charge < -0.3 is 9.47 Å². The number of aromatic nitrogens is 1. The monoisotopic (exact) mass is 617 g/mol. The molecule has 230 valence electrons. The molecular weight excluding hydrogens is 583 g/mol. The quantitative estimate of drug-likeness (QED) is 0.197. The van der Waals surface area contributed by atoms with Gasteiger partial charge in [-0.2, -0.15) is 5.26 Å². The topological polar surface area (TPSA) is 32.0 Å². The number of anilines is 2. The van der Waals surface area contributed by atoms with E-state index in [0.29, 0.717) is 5.56 Å². The SMILES string of the molecule is Cc1cccc2c1C1(C)C=CC=CC1N2c1ccccc1-c1cc(C2=CC(n3c4ccccc4c4ccccc43)=CCC2)ccc1C#N. The molecule has 0 bridgehead atoms. The second-order valence-electron chi connectivity index (χ2n) is 13.4. The third kappa shape index (κ3) is 4.12. The number of rotatable bonds is 4. The highest BCUT2D eigenvalue weighted by molar-refractivity contribution is 6.10. The Morgan fingerprint density at radius 1 is 0.771 bits per heavy atom. The molecule has 0 N–H and O–H groups in total. The van der Waals surface area contributed by atoms with Crippen LogP contribution in [0.3, 0.4) is 0 Å². The maximum absolute atomic E-state index is 10.4. The van der Waals surface area contributed by atoms with Crippen LogP contribution >= 0.6 is 0 Å². The van der Waals surface area contributed by atoms with E-state index >= 15 is 0 Å². The highest BCUT2D eigenvalue weighted by Gasteiger charge is 2.47. The highest BCUT2D eigenvalue weighted by atomic mass is 15.2. The normalized spacial score (nSPS) is 19.6. The molecule has 0 saturated heterocycles. The molecule has 3 nitrogen and oxygen atoms in total. The van der Waals surface area contributed by atoms with E-state index in [-0.39, 0.29) is 11.5 Å². The first-order valence-electron chi connectivity index (χ1n) is 16.9. The van der Waals surface area contributed by atoms with Crippen LogP contribution < -0.4 is 4.90 Å². The highest BCUT2D eigenvalue weighted by Crippen LogP contribution is 2.54. The number of fused-ring (bicyclic) bond motifs is 6. The average Bonchev–Trinajstić information content (AvgIpc) is 3.61. The lowest BCUT2D eigenvalue weighted by molar-refractivity contribution is 0.548. The molecule has 2 heterocycles. The van der Waals surface area contributed by atoms with Crippen molar-refractivity contribution in [1.82, 2.24) is 4.57 Å². The molecule has 1 aromatic heterocycles. The third-order valence-electron chi connectivity index (χ3n) is 10.7. The molecule has 6 aromatic rings. The molecule has 0 spiro atoms. The first kappa shape index (κ1) is 28.4. The van der Waals surface area contributed by atoms with Gasteiger partial charge >= 0.3 is 0 Å². The van der Waals surface area contributed by atoms with Gasteiger partial charge in [0.15, 0.2) is 0 Å². The zero-order chi connectivity index (χ0) is 32.4. The molecule has 9 rings (SSSR count). The van der Waals surface area contributed by atoms with Gasteiger partial charge in [0.25, 0.3) is 0 Å². The van der Waals surface area contributed by atoms with Gasteiger partial charge in [-0.05, 0) is 91.4 Å². The van der Waals surface area contributed by atoms with Crippen LogP contribution in [0.4, 0.5) is 11.4 Å². The van der Waals surface area contributed by atoms with E-state index in [2.05, 4.69) is 169 Å². The molecule has 0 amide bonds. The lowest BCUT2D eigenvalue weighted by Gasteiger charge is -2.35. The molecule has 3 aliphatic rings. The molecule has 48 heavy (non-hydrogen) atoms. The van der Waals surface area contributed by atoms with Gasteiger partial charge in [0.1, 0.15) is 0 Å². The van der Waals surface area contributed by atoms with Crippen LogP contribution in [0.2, 0.25) is 0 Å². The second-order valence-corrected chi connectivity index (χ2v) is 13.4. The second kappa shape index (κ2) is 10.9. The van der Waals surface area contributed by atoms with Crippen LogP contribution in [0.15, 0.2) is 146 Å². The van der Waals surface area contributed by atoms with E-state index in [1.54, 1.807) is 0 Å². The number of nitrogens with zero attached hydrogens (tertiary/aromatic N) is 3. The Morgan fingerprint density at radius 3 is 2.29 bits per heavy atom. The molecule has 2 atom stereocenters. The lowest BCUT2D eigenvalue weighted by atomic mass is 9.74. The van der Waals surface area contributed by atoms with Crippen molar-refractivity contribution in [2.75, 3.05) is 4.90 Å². The van der Waals surface area contributed by atoms with Crippen molar-refractivity contribution < 1.29 is 0 Å². The largest absolute Gasteiger partial charge is 0.332 e. The number of hydrogen-bond acceptors (Lipinski definition) is 2. The fraction of sp³-hybridized carbons (Fsp3) is 0.133. The first-order chi connectivity index (χ1) is 23.6. The van der Waals surface area contributed by atoms with Crippen molar-refractivity contribution in [3.8, 4) is 17.2 Å². The van der Waals surface area contributed by atoms with E-state index in [4.69, 9.17) is 0 Å². The van der Waals surface area contributed by atoms with Gasteiger partial charge in [0.2, 0.25) is 0 Å². The number of aryl methyl sites for hydroxylation is 1. The first-order valence-corrected chi connectivity index (χ1v) is 16.9. The van der Waals surface area contributed by atoms with E-state index in [1.807, 2.05) is 6.07 Å². The van der Waals surface area contributed by atoms with Crippen molar-refractivity contribution in [3.63, 3.8) is 0 Å². The van der Waals surface area contributed by atoms with Gasteiger partial charge in [-0.3, -0.25) is 0 Å². The fourth-order valence-electron chi connectivity index (χ4n) is 8.54. The Bertz CT molecular complexity index is 2410. The minimum Gasteiger partial charge on any atom is -0.332 e. The smallest absolute Gasteiger partial charge is 0.0998 e. The van der Waals surface area contributed by atoms with E-state index in [9.17, 15) is 5.26 Å². The average molecular weight is 618 g/mol. The number of allylic oxidation sites excluding steroid dienone is 6. The molecule has 2 aliphatic carbocycles. The summed E-state index contributed by atoms with van der Waals surface area (Å²) in [6.45, 7) is 4.57. The van der Waals surface area contributed by atoms with Gasteiger partial charge in [0.05, 0.1) is 28.7 Å². The predicted molar refractivity (Wildman–Crippen MR) is 200 cm³/mol. The summed E-state index contributed by atoms with van der Waals surface area (Å²) in [6, 6.07) is 41.7. The Balaban J connectivity index is 1.18. The minimum absolute atomic E-state index is 0.133. The summed E-state index contributed by atoms with van der Waals surface area (Å²) in [4.78, 5) is 2.49. The maximum Gasteiger partial charge on any atom is 0.0998 e. The molecule has 0 fully saturated rings. The van der Waals surface area contributed by atoms with Crippen LogP contribution in [-0.4, -0.2) is 10.6 Å². The van der Waals surface area contributed by atoms with E-state index < -0.39 is 0 Å². The van der Waals surface area contributed by atoms with Crippen LogP contribution in [-0.2, 0) is 5.41 Å². The lowest BCUT2D eigenvalue weighted by Crippen LogP contribution is -2.39. The van der Waals surface area contributed by atoms with Gasteiger partial charge in [0, 0.05) is 44.4 Å². The van der Waals surface area contributed by atoms with Crippen molar-refractivity contribution in [3.05, 3.63) is 168 Å². The molecule has 0 radical (unpaired) electrons. The molecule has 0 saturated carbocycles. The minimum atomic E-state index is -0.148. The molecule has 3 heteroatoms. The van der Waals surface area contributed by atoms with E-state index in [1.165, 1.54) is 49.9 Å². The Labute approximate surface area is 281 Å². The fourth-order valence-corrected chi connectivity index (χ4v) is 8.54. The Hall–Kier alpha value is -5.85. The van der Waals surface area contributed by atoms with Crippen LogP contribution in [0, 0.1) is 18.3 Å². The summed E-state index contributed by atoms with van der Waals surface area (Å²) >= 11 is 0. The van der Waals surface area contributed by atoms with Crippen LogP contribution in [0.5, 0.6) is 0 Å². The van der Waals surface area contributed by atoms with Crippen molar-refractivity contribution >= 4 is 44.5 Å². The van der Waals surface area contributed by atoms with Gasteiger partial charge in [-0.15, -0.1) is 0 Å². The molecule has 5 aromatic carbocycles. The summed E-state index contributed by atoms with van der Waals surface area (Å²) in [6.07, 6.45) is 15.6. The number of nitriles is 1. The molecule has 1 aliphatic heterocycles. The Kier molecular flexibility index (Phi) is 6.42. The van der Waals surface area contributed by atoms with Crippen LogP contribution in [0.25, 0.3) is 44.2 Å². The third-order valence-corrected chi connectivity index (χ3v) is 10.7. The molecule has 2 unspecified atom stereocenters. The molecular formula is C45H35N3. The van der Waals surface area contributed by atoms with Gasteiger partial charge in [-0.1, -0.05) is 103 Å². The summed E-state index contributed by atoms with van der Waals surface area (Å²) in [5.74, 6) is 0. The summed E-state index contributed by atoms with van der Waals surface area (Å²) in [5.41, 5.74) is 13.7. The number of benzene rings is 5.